The van der Waals surface area contributed by atoms with Gasteiger partial charge in [-0.2, -0.15) is 0 Å². The van der Waals surface area contributed by atoms with Gasteiger partial charge in [0.25, 0.3) is 0 Å². The highest BCUT2D eigenvalue weighted by atomic mass is 15.0. The average molecular weight is 738 g/mol. The number of nitrogens with zero attached hydrogens (tertiary/aromatic N) is 5. The average Bonchev–Trinajstić information content (AvgIpc) is 3.82. The highest BCUT2D eigenvalue weighted by Crippen LogP contribution is 2.45. The van der Waals surface area contributed by atoms with Gasteiger partial charge in [0, 0.05) is 54.4 Å². The van der Waals surface area contributed by atoms with E-state index >= 15 is 0 Å². The van der Waals surface area contributed by atoms with Crippen LogP contribution in [0.15, 0.2) is 188 Å². The fraction of sp³-hybridized carbons (Fsp3) is 0. The van der Waals surface area contributed by atoms with E-state index in [1.807, 2.05) is 36.4 Å². The minimum atomic E-state index is 0.641. The summed E-state index contributed by atoms with van der Waals surface area (Å²) < 4.78 is 5.05. The molecule has 0 amide bonds. The molecule has 0 bridgehead atoms. The monoisotopic (exact) mass is 737 g/mol. The Labute approximate surface area is 331 Å². The van der Waals surface area contributed by atoms with Gasteiger partial charge in [0.1, 0.15) is 0 Å². The fourth-order valence-electron chi connectivity index (χ4n) is 9.62. The molecule has 5 heteroatoms. The molecule has 58 heavy (non-hydrogen) atoms. The first-order valence-corrected chi connectivity index (χ1v) is 19.7. The van der Waals surface area contributed by atoms with Crippen molar-refractivity contribution in [2.45, 2.75) is 0 Å². The van der Waals surface area contributed by atoms with Gasteiger partial charge in [0.2, 0.25) is 0 Å². The van der Waals surface area contributed by atoms with Gasteiger partial charge in [-0.25, -0.2) is 15.0 Å². The molecule has 9 aromatic carbocycles. The third-order valence-corrected chi connectivity index (χ3v) is 12.1. The Hall–Kier alpha value is -7.89. The van der Waals surface area contributed by atoms with Crippen LogP contribution in [-0.2, 0) is 0 Å². The normalized spacial score (nSPS) is 12.1. The van der Waals surface area contributed by atoms with Gasteiger partial charge in [-0.15, -0.1) is 0 Å². The molecule has 4 aromatic heterocycles. The Morgan fingerprint density at radius 2 is 0.828 bits per heavy atom. The van der Waals surface area contributed by atoms with E-state index in [1.165, 1.54) is 54.3 Å². The minimum absolute atomic E-state index is 0.641. The van der Waals surface area contributed by atoms with Gasteiger partial charge >= 0.3 is 0 Å². The summed E-state index contributed by atoms with van der Waals surface area (Å²) in [5.41, 5.74) is 9.81. The standard InChI is InChI=1S/C53H31N5/c1-3-16-34(17-4-1)51-54-52(35-18-5-2-6-19-35)56-53(55-51)42-30-29-39-38-28-26-33-15-8-10-21-37(33)48(38)58-44-31-27-32-14-7-9-20-36(32)46(44)41-23-13-25-45(49(41)58)57-43-24-12-11-22-40(43)47(42)50(39)57/h1-31H. The Morgan fingerprint density at radius 3 is 1.59 bits per heavy atom. The SMILES string of the molecule is c1ccc(-c2nc(-c3ccccc3)nc(-c3ccc4c5ccc6ccccc6c5n5c6ccc7ccccc7c6c6cccc(c65)n5c6ccccc6c3c45)n2)cc1. The Morgan fingerprint density at radius 1 is 0.276 bits per heavy atom. The number of aromatic nitrogens is 5. The van der Waals surface area contributed by atoms with Crippen LogP contribution >= 0.6 is 0 Å². The van der Waals surface area contributed by atoms with Crippen molar-refractivity contribution in [3.63, 3.8) is 0 Å². The van der Waals surface area contributed by atoms with E-state index in [0.29, 0.717) is 17.5 Å². The van der Waals surface area contributed by atoms with Crippen molar-refractivity contribution in [3.8, 4) is 34.2 Å². The summed E-state index contributed by atoms with van der Waals surface area (Å²) in [6, 6.07) is 67.3. The first kappa shape index (κ1) is 31.3. The summed E-state index contributed by atoms with van der Waals surface area (Å²) in [4.78, 5) is 15.6. The van der Waals surface area contributed by atoms with Crippen molar-refractivity contribution in [2.24, 2.45) is 0 Å². The highest BCUT2D eigenvalue weighted by molar-refractivity contribution is 6.30. The van der Waals surface area contributed by atoms with Crippen LogP contribution in [0, 0.1) is 0 Å². The summed E-state index contributed by atoms with van der Waals surface area (Å²) in [6.07, 6.45) is 0. The number of para-hydroxylation sites is 2. The molecule has 5 nitrogen and oxygen atoms in total. The van der Waals surface area contributed by atoms with Crippen LogP contribution < -0.4 is 0 Å². The Balaban J connectivity index is 1.29. The van der Waals surface area contributed by atoms with Crippen LogP contribution in [0.1, 0.15) is 0 Å². The molecule has 0 N–H and O–H groups in total. The quantitative estimate of drug-likeness (QED) is 0.181. The van der Waals surface area contributed by atoms with Crippen molar-refractivity contribution in [2.75, 3.05) is 0 Å². The lowest BCUT2D eigenvalue weighted by atomic mass is 9.99. The van der Waals surface area contributed by atoms with Crippen LogP contribution in [0.2, 0.25) is 0 Å². The van der Waals surface area contributed by atoms with E-state index in [9.17, 15) is 0 Å². The third kappa shape index (κ3) is 4.27. The van der Waals surface area contributed by atoms with Crippen molar-refractivity contribution in [3.05, 3.63) is 188 Å². The van der Waals surface area contributed by atoms with E-state index in [1.54, 1.807) is 0 Å². The second-order valence-electron chi connectivity index (χ2n) is 15.1. The first-order valence-electron chi connectivity index (χ1n) is 19.7. The van der Waals surface area contributed by atoms with Gasteiger partial charge in [0.15, 0.2) is 17.5 Å². The summed E-state index contributed by atoms with van der Waals surface area (Å²) in [6.45, 7) is 0. The van der Waals surface area contributed by atoms with E-state index in [0.717, 1.165) is 49.4 Å². The lowest BCUT2D eigenvalue weighted by Crippen LogP contribution is -2.00. The molecule has 0 aliphatic rings. The lowest BCUT2D eigenvalue weighted by molar-refractivity contribution is 1.08. The van der Waals surface area contributed by atoms with E-state index in [-0.39, 0.29) is 0 Å². The van der Waals surface area contributed by atoms with Crippen LogP contribution in [0.3, 0.4) is 0 Å². The largest absolute Gasteiger partial charge is 0.306 e. The predicted molar refractivity (Wildman–Crippen MR) is 241 cm³/mol. The Bertz CT molecular complexity index is 3790. The van der Waals surface area contributed by atoms with Gasteiger partial charge < -0.3 is 8.80 Å². The molecule has 0 atom stereocenters. The van der Waals surface area contributed by atoms with E-state index in [2.05, 4.69) is 160 Å². The molecule has 13 rings (SSSR count). The molecule has 0 radical (unpaired) electrons. The van der Waals surface area contributed by atoms with Gasteiger partial charge in [-0.1, -0.05) is 164 Å². The third-order valence-electron chi connectivity index (χ3n) is 12.1. The first-order chi connectivity index (χ1) is 28.8. The van der Waals surface area contributed by atoms with Crippen molar-refractivity contribution in [1.29, 1.82) is 0 Å². The predicted octanol–water partition coefficient (Wildman–Crippen LogP) is 13.5. The summed E-state index contributed by atoms with van der Waals surface area (Å²) in [5.74, 6) is 1.93. The van der Waals surface area contributed by atoms with E-state index < -0.39 is 0 Å². The van der Waals surface area contributed by atoms with E-state index in [4.69, 9.17) is 15.0 Å². The van der Waals surface area contributed by atoms with Crippen LogP contribution in [0.5, 0.6) is 0 Å². The van der Waals surface area contributed by atoms with Crippen molar-refractivity contribution in [1.82, 2.24) is 23.8 Å². The number of benzene rings is 9. The van der Waals surface area contributed by atoms with Gasteiger partial charge in [-0.3, -0.25) is 0 Å². The zero-order valence-corrected chi connectivity index (χ0v) is 31.1. The molecule has 13 aromatic rings. The minimum Gasteiger partial charge on any atom is -0.306 e. The number of fused-ring (bicyclic) bond motifs is 14. The number of rotatable bonds is 3. The van der Waals surface area contributed by atoms with Crippen molar-refractivity contribution < 1.29 is 0 Å². The van der Waals surface area contributed by atoms with Crippen LogP contribution in [0.4, 0.5) is 0 Å². The lowest BCUT2D eigenvalue weighted by Gasteiger charge is -2.14. The molecule has 0 fully saturated rings. The highest BCUT2D eigenvalue weighted by Gasteiger charge is 2.24. The molecule has 268 valence electrons. The molecule has 0 unspecified atom stereocenters. The number of hydrogen-bond donors (Lipinski definition) is 0. The maximum atomic E-state index is 5.26. The molecular weight excluding hydrogens is 707 g/mol. The molecule has 0 saturated carbocycles. The smallest absolute Gasteiger partial charge is 0.164 e. The molecule has 0 aliphatic heterocycles. The Kier molecular flexibility index (Phi) is 6.38. The molecule has 0 saturated heterocycles. The summed E-state index contributed by atoms with van der Waals surface area (Å²) in [5, 5.41) is 12.0. The molecule has 0 spiro atoms. The molecule has 4 heterocycles. The van der Waals surface area contributed by atoms with Crippen LogP contribution in [-0.4, -0.2) is 23.8 Å². The maximum Gasteiger partial charge on any atom is 0.164 e. The maximum absolute atomic E-state index is 5.26. The zero-order chi connectivity index (χ0) is 37.9. The van der Waals surface area contributed by atoms with Gasteiger partial charge in [-0.05, 0) is 40.4 Å². The second-order valence-corrected chi connectivity index (χ2v) is 15.1. The van der Waals surface area contributed by atoms with Gasteiger partial charge in [0.05, 0.1) is 33.1 Å². The van der Waals surface area contributed by atoms with Crippen LogP contribution in [0.25, 0.3) is 121 Å². The van der Waals surface area contributed by atoms with Crippen molar-refractivity contribution >= 4 is 87.0 Å². The molecular formula is C53H31N5. The molecule has 0 aliphatic carbocycles. The number of hydrogen-bond acceptors (Lipinski definition) is 3. The topological polar surface area (TPSA) is 47.5 Å². The summed E-state index contributed by atoms with van der Waals surface area (Å²) in [7, 11) is 0. The second kappa shape index (κ2) is 11.8. The summed E-state index contributed by atoms with van der Waals surface area (Å²) >= 11 is 0. The zero-order valence-electron chi connectivity index (χ0n) is 31.1. The fourth-order valence-corrected chi connectivity index (χ4v) is 9.62.